The van der Waals surface area contributed by atoms with Gasteiger partial charge in [0.15, 0.2) is 23.6 Å². The third-order valence-electron chi connectivity index (χ3n) is 3.90. The lowest BCUT2D eigenvalue weighted by atomic mass is 10.1. The molecule has 3 rings (SSSR count). The standard InChI is InChI=1S/C19H14F3NO4/c1-9-7-16(24)27-15-8-11(3-4-12(9)15)26-10(2)19(25)23-14-6-5-13(20)17(21)18(14)22/h3-8,10H,1-2H3,(H,23,25)/t10-/m0/s1. The summed E-state index contributed by atoms with van der Waals surface area (Å²) in [6, 6.07) is 7.67. The first-order chi connectivity index (χ1) is 12.8. The highest BCUT2D eigenvalue weighted by molar-refractivity contribution is 5.94. The Hall–Kier alpha value is -3.29. The van der Waals surface area contributed by atoms with Crippen molar-refractivity contribution < 1.29 is 27.1 Å². The molecule has 1 heterocycles. The predicted octanol–water partition coefficient (Wildman–Crippen LogP) is 3.92. The molecule has 27 heavy (non-hydrogen) atoms. The van der Waals surface area contributed by atoms with Crippen molar-refractivity contribution in [1.82, 2.24) is 0 Å². The van der Waals surface area contributed by atoms with E-state index in [1.807, 2.05) is 0 Å². The Morgan fingerprint density at radius 1 is 1.11 bits per heavy atom. The number of aryl methyl sites for hydroxylation is 1. The summed E-state index contributed by atoms with van der Waals surface area (Å²) >= 11 is 0. The average molecular weight is 377 g/mol. The second kappa shape index (κ2) is 7.14. The van der Waals surface area contributed by atoms with Gasteiger partial charge < -0.3 is 14.5 Å². The molecule has 1 amide bonds. The maximum absolute atomic E-state index is 13.7. The first-order valence-corrected chi connectivity index (χ1v) is 7.92. The smallest absolute Gasteiger partial charge is 0.336 e. The van der Waals surface area contributed by atoms with Crippen LogP contribution in [0.25, 0.3) is 11.0 Å². The molecule has 1 N–H and O–H groups in total. The van der Waals surface area contributed by atoms with Crippen LogP contribution in [0, 0.1) is 24.4 Å². The zero-order chi connectivity index (χ0) is 19.7. The molecule has 0 aliphatic carbocycles. The lowest BCUT2D eigenvalue weighted by Gasteiger charge is -2.15. The number of nitrogens with one attached hydrogen (secondary N) is 1. The van der Waals surface area contributed by atoms with Crippen LogP contribution >= 0.6 is 0 Å². The van der Waals surface area contributed by atoms with E-state index in [0.29, 0.717) is 11.5 Å². The summed E-state index contributed by atoms with van der Waals surface area (Å²) in [5.74, 6) is -5.07. The van der Waals surface area contributed by atoms with Crippen molar-refractivity contribution >= 4 is 22.6 Å². The molecule has 0 radical (unpaired) electrons. The van der Waals surface area contributed by atoms with Crippen molar-refractivity contribution in [2.45, 2.75) is 20.0 Å². The number of halogens is 3. The van der Waals surface area contributed by atoms with Gasteiger partial charge in [-0.05, 0) is 43.7 Å². The number of ether oxygens (including phenoxy) is 1. The molecule has 2 aromatic carbocycles. The second-order valence-electron chi connectivity index (χ2n) is 5.88. The lowest BCUT2D eigenvalue weighted by Crippen LogP contribution is -2.30. The van der Waals surface area contributed by atoms with E-state index in [1.165, 1.54) is 19.1 Å². The van der Waals surface area contributed by atoms with Crippen molar-refractivity contribution in [3.05, 3.63) is 69.8 Å². The third-order valence-corrected chi connectivity index (χ3v) is 3.90. The number of amides is 1. The number of benzene rings is 2. The zero-order valence-electron chi connectivity index (χ0n) is 14.3. The molecule has 0 aliphatic heterocycles. The molecule has 0 unspecified atom stereocenters. The number of fused-ring (bicyclic) bond motifs is 1. The number of hydrogen-bond acceptors (Lipinski definition) is 4. The summed E-state index contributed by atoms with van der Waals surface area (Å²) < 4.78 is 50.4. The van der Waals surface area contributed by atoms with E-state index in [2.05, 4.69) is 5.32 Å². The first kappa shape index (κ1) is 18.5. The van der Waals surface area contributed by atoms with Gasteiger partial charge >= 0.3 is 5.63 Å². The topological polar surface area (TPSA) is 68.5 Å². The SMILES string of the molecule is Cc1cc(=O)oc2cc(O[C@@H](C)C(=O)Nc3ccc(F)c(F)c3F)ccc12. The zero-order valence-corrected chi connectivity index (χ0v) is 14.3. The van der Waals surface area contributed by atoms with Gasteiger partial charge in [0.2, 0.25) is 0 Å². The first-order valence-electron chi connectivity index (χ1n) is 7.92. The van der Waals surface area contributed by atoms with E-state index in [0.717, 1.165) is 11.6 Å². The molecular formula is C19H14F3NO4. The van der Waals surface area contributed by atoms with Gasteiger partial charge in [-0.2, -0.15) is 0 Å². The Kier molecular flexibility index (Phi) is 4.89. The molecule has 3 aromatic rings. The number of carbonyl (C=O) groups excluding carboxylic acids is 1. The number of rotatable bonds is 4. The monoisotopic (exact) mass is 377 g/mol. The normalized spacial score (nSPS) is 12.0. The molecular weight excluding hydrogens is 363 g/mol. The van der Waals surface area contributed by atoms with E-state index in [-0.39, 0.29) is 11.3 Å². The highest BCUT2D eigenvalue weighted by atomic mass is 19.2. The molecule has 0 fully saturated rings. The van der Waals surface area contributed by atoms with E-state index in [4.69, 9.17) is 9.15 Å². The average Bonchev–Trinajstić information content (AvgIpc) is 2.61. The van der Waals surface area contributed by atoms with Crippen LogP contribution in [0.5, 0.6) is 5.75 Å². The minimum atomic E-state index is -1.68. The van der Waals surface area contributed by atoms with Crippen LogP contribution in [0.15, 0.2) is 45.6 Å². The van der Waals surface area contributed by atoms with Gasteiger partial charge in [-0.1, -0.05) is 0 Å². The van der Waals surface area contributed by atoms with Crippen molar-refractivity contribution in [2.75, 3.05) is 5.32 Å². The Bertz CT molecular complexity index is 1090. The fourth-order valence-electron chi connectivity index (χ4n) is 2.49. The van der Waals surface area contributed by atoms with Crippen LogP contribution in [-0.4, -0.2) is 12.0 Å². The van der Waals surface area contributed by atoms with E-state index >= 15 is 0 Å². The van der Waals surface area contributed by atoms with Crippen molar-refractivity contribution in [3.63, 3.8) is 0 Å². The van der Waals surface area contributed by atoms with Crippen molar-refractivity contribution in [3.8, 4) is 5.75 Å². The Morgan fingerprint density at radius 3 is 2.59 bits per heavy atom. The summed E-state index contributed by atoms with van der Waals surface area (Å²) in [7, 11) is 0. The van der Waals surface area contributed by atoms with Gasteiger partial charge in [0.25, 0.3) is 5.91 Å². The lowest BCUT2D eigenvalue weighted by molar-refractivity contribution is -0.122. The summed E-state index contributed by atoms with van der Waals surface area (Å²) in [6.07, 6.45) is -1.09. The molecule has 5 nitrogen and oxygen atoms in total. The van der Waals surface area contributed by atoms with Crippen molar-refractivity contribution in [1.29, 1.82) is 0 Å². The van der Waals surface area contributed by atoms with E-state index < -0.39 is 40.8 Å². The summed E-state index contributed by atoms with van der Waals surface area (Å²) in [5.41, 5.74) is -0.00426. The van der Waals surface area contributed by atoms with Crippen molar-refractivity contribution in [2.24, 2.45) is 0 Å². The van der Waals surface area contributed by atoms with Crippen LogP contribution < -0.4 is 15.7 Å². The molecule has 0 aliphatic rings. The van der Waals surface area contributed by atoms with Gasteiger partial charge in [0.05, 0.1) is 5.69 Å². The van der Waals surface area contributed by atoms with Crippen LogP contribution in [0.1, 0.15) is 12.5 Å². The summed E-state index contributed by atoms with van der Waals surface area (Å²) in [6.45, 7) is 3.15. The van der Waals surface area contributed by atoms with Gasteiger partial charge in [-0.15, -0.1) is 0 Å². The molecule has 8 heteroatoms. The fourth-order valence-corrected chi connectivity index (χ4v) is 2.49. The fraction of sp³-hybridized carbons (Fsp3) is 0.158. The minimum Gasteiger partial charge on any atom is -0.481 e. The number of carbonyl (C=O) groups is 1. The highest BCUT2D eigenvalue weighted by Crippen LogP contribution is 2.24. The largest absolute Gasteiger partial charge is 0.481 e. The number of anilines is 1. The van der Waals surface area contributed by atoms with E-state index in [1.54, 1.807) is 19.1 Å². The molecule has 0 spiro atoms. The molecule has 0 saturated carbocycles. The van der Waals surface area contributed by atoms with Gasteiger partial charge in [0.1, 0.15) is 11.3 Å². The summed E-state index contributed by atoms with van der Waals surface area (Å²) in [4.78, 5) is 23.6. The van der Waals surface area contributed by atoms with Gasteiger partial charge in [0, 0.05) is 17.5 Å². The predicted molar refractivity (Wildman–Crippen MR) is 92.3 cm³/mol. The van der Waals surface area contributed by atoms with Crippen LogP contribution in [0.4, 0.5) is 18.9 Å². The van der Waals surface area contributed by atoms with Gasteiger partial charge in [-0.25, -0.2) is 18.0 Å². The molecule has 1 atom stereocenters. The molecule has 1 aromatic heterocycles. The Morgan fingerprint density at radius 2 is 1.85 bits per heavy atom. The molecule has 0 bridgehead atoms. The second-order valence-corrected chi connectivity index (χ2v) is 5.88. The molecule has 140 valence electrons. The molecule has 0 saturated heterocycles. The maximum Gasteiger partial charge on any atom is 0.336 e. The number of hydrogen-bond donors (Lipinski definition) is 1. The minimum absolute atomic E-state index is 0.240. The Balaban J connectivity index is 1.78. The Labute approximate surface area is 151 Å². The van der Waals surface area contributed by atoms with Gasteiger partial charge in [-0.3, -0.25) is 4.79 Å². The quantitative estimate of drug-likeness (QED) is 0.553. The van der Waals surface area contributed by atoms with Crippen LogP contribution in [0.2, 0.25) is 0 Å². The maximum atomic E-state index is 13.7. The van der Waals surface area contributed by atoms with Crippen LogP contribution in [0.3, 0.4) is 0 Å². The van der Waals surface area contributed by atoms with E-state index in [9.17, 15) is 22.8 Å². The highest BCUT2D eigenvalue weighted by Gasteiger charge is 2.20. The summed E-state index contributed by atoms with van der Waals surface area (Å²) in [5, 5.41) is 2.85. The third kappa shape index (κ3) is 3.79. The van der Waals surface area contributed by atoms with Crippen LogP contribution in [-0.2, 0) is 4.79 Å².